The first-order chi connectivity index (χ1) is 18.5. The lowest BCUT2D eigenvalue weighted by Gasteiger charge is -2.34. The van der Waals surface area contributed by atoms with Crippen LogP contribution in [0.4, 0.5) is 0 Å². The van der Waals surface area contributed by atoms with E-state index in [1.165, 1.54) is 6.20 Å². The molecule has 3 aliphatic rings. The number of hydrogen-bond donors (Lipinski definition) is 1. The van der Waals surface area contributed by atoms with Crippen LogP contribution in [0.3, 0.4) is 0 Å². The predicted octanol–water partition coefficient (Wildman–Crippen LogP) is 4.08. The minimum Gasteiger partial charge on any atom is -0.485 e. The van der Waals surface area contributed by atoms with E-state index in [0.29, 0.717) is 23.9 Å². The monoisotopic (exact) mass is 540 g/mol. The summed E-state index contributed by atoms with van der Waals surface area (Å²) in [4.78, 5) is 50.2. The smallest absolute Gasteiger partial charge is 0.307 e. The van der Waals surface area contributed by atoms with E-state index < -0.39 is 29.1 Å². The van der Waals surface area contributed by atoms with Gasteiger partial charge in [0, 0.05) is 11.8 Å². The molecule has 1 amide bonds. The number of ether oxygens (including phenoxy) is 2. The van der Waals surface area contributed by atoms with Crippen molar-refractivity contribution in [2.24, 2.45) is 28.9 Å². The molecule has 214 valence electrons. The number of nitrogens with two attached hydrogens (primary N) is 1. The lowest BCUT2D eigenvalue weighted by Crippen LogP contribution is -2.46. The van der Waals surface area contributed by atoms with Gasteiger partial charge in [-0.1, -0.05) is 40.5 Å². The standard InChI is InChI=1S/C30H44N4O5/c1-6-20-23(18-35)34-17-25(20)38-24-16-32-26(12-13-31)33-22(24)11-9-7-8-10-19-15-30(19,5)39-27(36)14-21(28(34)37)29(2,3)4/h12-13,16,18-21,23,25H,6-11,14-15,17,31H2,1-5H3/t19-,20+,21-,23-,25+,30-/m1/s1. The molecule has 1 aliphatic carbocycles. The summed E-state index contributed by atoms with van der Waals surface area (Å²) in [5.41, 5.74) is 5.42. The number of aromatic nitrogens is 2. The third-order valence-corrected chi connectivity index (χ3v) is 8.80. The first kappa shape index (κ1) is 29.0. The molecule has 0 unspecified atom stereocenters. The highest BCUT2D eigenvalue weighted by Gasteiger charge is 2.54. The molecule has 2 bridgehead atoms. The van der Waals surface area contributed by atoms with E-state index in [9.17, 15) is 14.4 Å². The van der Waals surface area contributed by atoms with Gasteiger partial charge in [-0.05, 0) is 56.7 Å². The van der Waals surface area contributed by atoms with Crippen LogP contribution in [0.5, 0.6) is 5.75 Å². The molecule has 9 nitrogen and oxygen atoms in total. The lowest BCUT2D eigenvalue weighted by molar-refractivity contribution is -0.158. The van der Waals surface area contributed by atoms with Crippen molar-refractivity contribution in [2.75, 3.05) is 6.54 Å². The van der Waals surface area contributed by atoms with Crippen molar-refractivity contribution in [3.8, 4) is 5.75 Å². The van der Waals surface area contributed by atoms with Crippen LogP contribution in [-0.2, 0) is 25.5 Å². The minimum atomic E-state index is -0.635. The van der Waals surface area contributed by atoms with Gasteiger partial charge in [0.25, 0.3) is 0 Å². The van der Waals surface area contributed by atoms with Crippen molar-refractivity contribution in [3.63, 3.8) is 0 Å². The molecule has 1 aromatic heterocycles. The molecule has 0 radical (unpaired) electrons. The van der Waals surface area contributed by atoms with Gasteiger partial charge in [-0.3, -0.25) is 9.59 Å². The van der Waals surface area contributed by atoms with Gasteiger partial charge in [-0.2, -0.15) is 0 Å². The highest BCUT2D eigenvalue weighted by atomic mass is 16.6. The first-order valence-corrected chi connectivity index (χ1v) is 14.4. The zero-order chi connectivity index (χ0) is 28.4. The van der Waals surface area contributed by atoms with Crippen molar-refractivity contribution >= 4 is 24.2 Å². The van der Waals surface area contributed by atoms with E-state index in [-0.39, 0.29) is 30.8 Å². The van der Waals surface area contributed by atoms with Crippen LogP contribution in [0.1, 0.15) is 91.1 Å². The normalized spacial score (nSPS) is 32.4. The van der Waals surface area contributed by atoms with Crippen molar-refractivity contribution in [1.29, 1.82) is 0 Å². The molecule has 39 heavy (non-hydrogen) atoms. The van der Waals surface area contributed by atoms with E-state index in [1.807, 2.05) is 34.6 Å². The fourth-order valence-electron chi connectivity index (χ4n) is 6.23. The van der Waals surface area contributed by atoms with E-state index in [2.05, 4.69) is 4.98 Å². The highest BCUT2D eigenvalue weighted by Crippen LogP contribution is 2.50. The third-order valence-electron chi connectivity index (χ3n) is 8.80. The van der Waals surface area contributed by atoms with Crippen LogP contribution >= 0.6 is 0 Å². The number of nitrogens with zero attached hydrogens (tertiary/aromatic N) is 3. The topological polar surface area (TPSA) is 125 Å². The Kier molecular flexibility index (Phi) is 8.66. The molecular formula is C30H44N4O5. The molecule has 6 atom stereocenters. The Bertz CT molecular complexity index is 1100. The van der Waals surface area contributed by atoms with E-state index in [0.717, 1.165) is 50.5 Å². The van der Waals surface area contributed by atoms with Crippen LogP contribution in [0.15, 0.2) is 12.4 Å². The summed E-state index contributed by atoms with van der Waals surface area (Å²) < 4.78 is 12.5. The molecule has 1 saturated carbocycles. The van der Waals surface area contributed by atoms with Crippen molar-refractivity contribution < 1.29 is 23.9 Å². The van der Waals surface area contributed by atoms with Gasteiger partial charge in [0.05, 0.1) is 36.8 Å². The summed E-state index contributed by atoms with van der Waals surface area (Å²) >= 11 is 0. The summed E-state index contributed by atoms with van der Waals surface area (Å²) in [5.74, 6) is 0.0786. The maximum absolute atomic E-state index is 14.0. The summed E-state index contributed by atoms with van der Waals surface area (Å²) in [6, 6.07) is -0.635. The molecule has 3 heterocycles. The van der Waals surface area contributed by atoms with Gasteiger partial charge in [0.1, 0.15) is 18.0 Å². The average Bonchev–Trinajstić information content (AvgIpc) is 3.36. The number of aryl methyl sites for hydroxylation is 1. The van der Waals surface area contributed by atoms with E-state index in [4.69, 9.17) is 20.2 Å². The predicted molar refractivity (Wildman–Crippen MR) is 147 cm³/mol. The van der Waals surface area contributed by atoms with Crippen molar-refractivity contribution in [1.82, 2.24) is 14.9 Å². The zero-order valence-corrected chi connectivity index (χ0v) is 24.0. The number of carbonyl (C=O) groups excluding carboxylic acids is 3. The number of carbonyl (C=O) groups is 3. The molecule has 2 aliphatic heterocycles. The second kappa shape index (κ2) is 11.6. The van der Waals surface area contributed by atoms with Crippen LogP contribution in [-0.4, -0.2) is 57.3 Å². The van der Waals surface area contributed by atoms with Crippen LogP contribution < -0.4 is 10.5 Å². The second-order valence-corrected chi connectivity index (χ2v) is 12.7. The van der Waals surface area contributed by atoms with Gasteiger partial charge in [0.15, 0.2) is 11.6 Å². The number of hydrogen-bond acceptors (Lipinski definition) is 8. The second-order valence-electron chi connectivity index (χ2n) is 12.7. The Morgan fingerprint density at radius 1 is 1.23 bits per heavy atom. The molecule has 1 saturated heterocycles. The maximum atomic E-state index is 14.0. The number of amides is 1. The molecule has 2 fully saturated rings. The fraction of sp³-hybridized carbons (Fsp3) is 0.700. The number of fused-ring (bicyclic) bond motifs is 4. The quantitative estimate of drug-likeness (QED) is 0.449. The molecule has 9 heteroatoms. The summed E-state index contributed by atoms with van der Waals surface area (Å²) in [6.45, 7) is 10.1. The molecule has 0 spiro atoms. The Morgan fingerprint density at radius 3 is 2.67 bits per heavy atom. The summed E-state index contributed by atoms with van der Waals surface area (Å²) in [7, 11) is 0. The van der Waals surface area contributed by atoms with Gasteiger partial charge in [0.2, 0.25) is 5.91 Å². The largest absolute Gasteiger partial charge is 0.485 e. The van der Waals surface area contributed by atoms with Gasteiger partial charge < -0.3 is 24.9 Å². The van der Waals surface area contributed by atoms with Crippen LogP contribution in [0, 0.1) is 23.2 Å². The third kappa shape index (κ3) is 6.44. The Morgan fingerprint density at radius 2 is 2.00 bits per heavy atom. The molecule has 4 rings (SSSR count). The molecular weight excluding hydrogens is 496 g/mol. The lowest BCUT2D eigenvalue weighted by atomic mass is 9.77. The SMILES string of the molecule is CC[C@@H]1[C@@H]2CN(C(=O)[C@H](C(C)(C)C)CC(=O)O[C@]3(C)C[C@H]3CCCCCc3nc(C=CN)ncc3O2)[C@@H]1C=O. The number of rotatable bonds is 3. The summed E-state index contributed by atoms with van der Waals surface area (Å²) in [6.07, 6.45) is 11.4. The highest BCUT2D eigenvalue weighted by molar-refractivity contribution is 5.87. The fourth-order valence-corrected chi connectivity index (χ4v) is 6.23. The van der Waals surface area contributed by atoms with E-state index >= 15 is 0 Å². The molecule has 0 aromatic carbocycles. The molecule has 1 aromatic rings. The summed E-state index contributed by atoms with van der Waals surface area (Å²) in [5, 5.41) is 0. The van der Waals surface area contributed by atoms with Crippen molar-refractivity contribution in [2.45, 2.75) is 104 Å². The van der Waals surface area contributed by atoms with Crippen molar-refractivity contribution in [3.05, 3.63) is 23.9 Å². The Labute approximate surface area is 231 Å². The van der Waals surface area contributed by atoms with Crippen LogP contribution in [0.25, 0.3) is 6.08 Å². The van der Waals surface area contributed by atoms with Crippen LogP contribution in [0.2, 0.25) is 0 Å². The van der Waals surface area contributed by atoms with Gasteiger partial charge >= 0.3 is 5.97 Å². The number of esters is 1. The van der Waals surface area contributed by atoms with Gasteiger partial charge in [-0.15, -0.1) is 0 Å². The maximum Gasteiger partial charge on any atom is 0.307 e. The Balaban J connectivity index is 1.68. The Hall–Kier alpha value is -2.97. The first-order valence-electron chi connectivity index (χ1n) is 14.4. The van der Waals surface area contributed by atoms with Gasteiger partial charge in [-0.25, -0.2) is 9.97 Å². The average molecular weight is 541 g/mol. The number of aldehydes is 1. The van der Waals surface area contributed by atoms with E-state index in [1.54, 1.807) is 17.2 Å². The minimum absolute atomic E-state index is 0.0108. The molecule has 2 N–H and O–H groups in total. The zero-order valence-electron chi connectivity index (χ0n) is 24.0.